The van der Waals surface area contributed by atoms with Gasteiger partial charge in [-0.3, -0.25) is 0 Å². The third-order valence-corrected chi connectivity index (χ3v) is 3.34. The van der Waals surface area contributed by atoms with Gasteiger partial charge in [-0.2, -0.15) is 0 Å². The van der Waals surface area contributed by atoms with Gasteiger partial charge >= 0.3 is 5.97 Å². The van der Waals surface area contributed by atoms with Crippen molar-refractivity contribution >= 4 is 27.4 Å². The molecular formula is C11H8F2O2S. The van der Waals surface area contributed by atoms with Crippen LogP contribution in [-0.2, 0) is 5.92 Å². The normalized spacial score (nSPS) is 11.9. The molecule has 5 heteroatoms. The highest BCUT2D eigenvalue weighted by molar-refractivity contribution is 7.20. The number of hydrogen-bond donors (Lipinski definition) is 1. The molecular weight excluding hydrogens is 234 g/mol. The third-order valence-electron chi connectivity index (χ3n) is 2.23. The van der Waals surface area contributed by atoms with Crippen LogP contribution in [0.1, 0.15) is 22.2 Å². The summed E-state index contributed by atoms with van der Waals surface area (Å²) in [5, 5.41) is 9.32. The zero-order valence-electron chi connectivity index (χ0n) is 8.33. The minimum Gasteiger partial charge on any atom is -0.477 e. The highest BCUT2D eigenvalue weighted by atomic mass is 32.1. The quantitative estimate of drug-likeness (QED) is 0.871. The number of carboxylic acids is 1. The molecule has 2 nitrogen and oxygen atoms in total. The molecule has 0 aliphatic heterocycles. The van der Waals surface area contributed by atoms with E-state index in [0.29, 0.717) is 10.1 Å². The van der Waals surface area contributed by atoms with E-state index in [1.807, 2.05) is 0 Å². The van der Waals surface area contributed by atoms with Crippen molar-refractivity contribution in [2.75, 3.05) is 0 Å². The molecule has 0 aliphatic rings. The number of hydrogen-bond acceptors (Lipinski definition) is 2. The Morgan fingerprint density at radius 3 is 2.62 bits per heavy atom. The van der Waals surface area contributed by atoms with Gasteiger partial charge in [-0.15, -0.1) is 11.3 Å². The van der Waals surface area contributed by atoms with E-state index >= 15 is 0 Å². The predicted molar refractivity (Wildman–Crippen MR) is 58.4 cm³/mol. The van der Waals surface area contributed by atoms with Gasteiger partial charge in [0.05, 0.1) is 0 Å². The minimum atomic E-state index is -2.90. The third kappa shape index (κ3) is 1.90. The average molecular weight is 242 g/mol. The van der Waals surface area contributed by atoms with E-state index < -0.39 is 11.9 Å². The molecule has 0 bridgehead atoms. The first-order valence-electron chi connectivity index (χ1n) is 4.53. The van der Waals surface area contributed by atoms with E-state index in [-0.39, 0.29) is 10.4 Å². The monoisotopic (exact) mass is 242 g/mol. The van der Waals surface area contributed by atoms with Gasteiger partial charge in [0.2, 0.25) is 0 Å². The van der Waals surface area contributed by atoms with Crippen LogP contribution in [0.15, 0.2) is 24.3 Å². The van der Waals surface area contributed by atoms with E-state index in [1.165, 1.54) is 24.3 Å². The van der Waals surface area contributed by atoms with E-state index in [9.17, 15) is 13.6 Å². The number of rotatable bonds is 2. The SMILES string of the molecule is CC(F)(F)c1ccc2sc(C(=O)O)cc2c1. The van der Waals surface area contributed by atoms with Crippen molar-refractivity contribution < 1.29 is 18.7 Å². The molecule has 16 heavy (non-hydrogen) atoms. The lowest BCUT2D eigenvalue weighted by Gasteiger charge is -2.09. The van der Waals surface area contributed by atoms with Gasteiger partial charge in [0.25, 0.3) is 5.92 Å². The maximum atomic E-state index is 13.0. The Hall–Kier alpha value is -1.49. The van der Waals surface area contributed by atoms with Crippen LogP contribution in [0.3, 0.4) is 0 Å². The topological polar surface area (TPSA) is 37.3 Å². The van der Waals surface area contributed by atoms with Crippen molar-refractivity contribution in [2.45, 2.75) is 12.8 Å². The second kappa shape index (κ2) is 3.52. The lowest BCUT2D eigenvalue weighted by atomic mass is 10.1. The number of aromatic carboxylic acids is 1. The highest BCUT2D eigenvalue weighted by Crippen LogP contribution is 2.32. The minimum absolute atomic E-state index is 0.102. The van der Waals surface area contributed by atoms with Crippen molar-refractivity contribution in [1.29, 1.82) is 0 Å². The lowest BCUT2D eigenvalue weighted by molar-refractivity contribution is 0.0176. The summed E-state index contributed by atoms with van der Waals surface area (Å²) < 4.78 is 26.8. The van der Waals surface area contributed by atoms with Crippen LogP contribution in [0.2, 0.25) is 0 Å². The van der Waals surface area contributed by atoms with Gasteiger partial charge in [-0.25, -0.2) is 13.6 Å². The molecule has 2 rings (SSSR count). The summed E-state index contributed by atoms with van der Waals surface area (Å²) in [6, 6.07) is 5.60. The standard InChI is InChI=1S/C11H8F2O2S/c1-11(12,13)7-2-3-8-6(4-7)5-9(16-8)10(14)15/h2-5H,1H3,(H,14,15). The Bertz CT molecular complexity index is 555. The second-order valence-corrected chi connectivity index (χ2v) is 4.64. The summed E-state index contributed by atoms with van der Waals surface area (Å²) in [5.41, 5.74) is -0.102. The van der Waals surface area contributed by atoms with E-state index in [1.54, 1.807) is 0 Å². The first-order valence-corrected chi connectivity index (χ1v) is 5.35. The van der Waals surface area contributed by atoms with Crippen LogP contribution in [0.25, 0.3) is 10.1 Å². The molecule has 0 amide bonds. The van der Waals surface area contributed by atoms with E-state index in [0.717, 1.165) is 18.3 Å². The van der Waals surface area contributed by atoms with Crippen molar-refractivity contribution in [3.8, 4) is 0 Å². The fourth-order valence-electron chi connectivity index (χ4n) is 1.42. The largest absolute Gasteiger partial charge is 0.477 e. The zero-order chi connectivity index (χ0) is 11.9. The Morgan fingerprint density at radius 1 is 1.38 bits per heavy atom. The number of fused-ring (bicyclic) bond motifs is 1. The maximum absolute atomic E-state index is 13.0. The fraction of sp³-hybridized carbons (Fsp3) is 0.182. The molecule has 0 radical (unpaired) electrons. The Balaban J connectivity index is 2.58. The number of benzene rings is 1. The molecule has 0 saturated carbocycles. The van der Waals surface area contributed by atoms with Crippen LogP contribution in [0.5, 0.6) is 0 Å². The summed E-state index contributed by atoms with van der Waals surface area (Å²) >= 11 is 1.08. The van der Waals surface area contributed by atoms with Crippen LogP contribution in [0, 0.1) is 0 Å². The first kappa shape index (κ1) is 11.0. The van der Waals surface area contributed by atoms with Crippen molar-refractivity contribution in [3.05, 3.63) is 34.7 Å². The predicted octanol–water partition coefficient (Wildman–Crippen LogP) is 3.71. The molecule has 1 heterocycles. The van der Waals surface area contributed by atoms with Gasteiger partial charge in [0.1, 0.15) is 4.88 Å². The molecule has 0 saturated heterocycles. The summed E-state index contributed by atoms with van der Waals surface area (Å²) in [5.74, 6) is -3.94. The Kier molecular flexibility index (Phi) is 2.42. The van der Waals surface area contributed by atoms with E-state index in [2.05, 4.69) is 0 Å². The van der Waals surface area contributed by atoms with Crippen molar-refractivity contribution in [3.63, 3.8) is 0 Å². The van der Waals surface area contributed by atoms with E-state index in [4.69, 9.17) is 5.11 Å². The number of halogens is 2. The molecule has 2 aromatic rings. The molecule has 1 aromatic carbocycles. The smallest absolute Gasteiger partial charge is 0.345 e. The van der Waals surface area contributed by atoms with Gasteiger partial charge in [-0.05, 0) is 23.6 Å². The number of thiophene rings is 1. The van der Waals surface area contributed by atoms with Gasteiger partial charge < -0.3 is 5.11 Å². The molecule has 0 fully saturated rings. The Labute approximate surface area is 94.1 Å². The van der Waals surface area contributed by atoms with Gasteiger partial charge in [0, 0.05) is 17.2 Å². The van der Waals surface area contributed by atoms with Crippen molar-refractivity contribution in [2.24, 2.45) is 0 Å². The zero-order valence-corrected chi connectivity index (χ0v) is 9.15. The van der Waals surface area contributed by atoms with Crippen LogP contribution in [-0.4, -0.2) is 11.1 Å². The van der Waals surface area contributed by atoms with Crippen LogP contribution < -0.4 is 0 Å². The molecule has 1 N–H and O–H groups in total. The molecule has 0 unspecified atom stereocenters. The number of carboxylic acid groups (broad SMARTS) is 1. The lowest BCUT2D eigenvalue weighted by Crippen LogP contribution is -2.05. The first-order chi connectivity index (χ1) is 7.38. The van der Waals surface area contributed by atoms with Gasteiger partial charge in [0.15, 0.2) is 0 Å². The number of alkyl halides is 2. The summed E-state index contributed by atoms with van der Waals surface area (Å²) in [4.78, 5) is 10.9. The highest BCUT2D eigenvalue weighted by Gasteiger charge is 2.24. The van der Waals surface area contributed by atoms with Crippen LogP contribution >= 0.6 is 11.3 Å². The van der Waals surface area contributed by atoms with Crippen LogP contribution in [0.4, 0.5) is 8.78 Å². The average Bonchev–Trinajstić information content (AvgIpc) is 2.58. The second-order valence-electron chi connectivity index (χ2n) is 3.56. The number of carbonyl (C=O) groups is 1. The summed E-state index contributed by atoms with van der Waals surface area (Å²) in [7, 11) is 0. The molecule has 0 spiro atoms. The summed E-state index contributed by atoms with van der Waals surface area (Å²) in [6.07, 6.45) is 0. The molecule has 0 atom stereocenters. The molecule has 0 aliphatic carbocycles. The fourth-order valence-corrected chi connectivity index (χ4v) is 2.30. The van der Waals surface area contributed by atoms with Gasteiger partial charge in [-0.1, -0.05) is 6.07 Å². The summed E-state index contributed by atoms with van der Waals surface area (Å²) in [6.45, 7) is 0.818. The maximum Gasteiger partial charge on any atom is 0.345 e. The van der Waals surface area contributed by atoms with Crippen molar-refractivity contribution in [1.82, 2.24) is 0 Å². The molecule has 1 aromatic heterocycles. The molecule has 84 valence electrons. The Morgan fingerprint density at radius 2 is 2.06 bits per heavy atom.